The van der Waals surface area contributed by atoms with E-state index >= 15 is 0 Å². The Morgan fingerprint density at radius 1 is 1.50 bits per heavy atom. The van der Waals surface area contributed by atoms with E-state index in [-0.39, 0.29) is 5.97 Å². The molecule has 0 unspecified atom stereocenters. The second-order valence-corrected chi connectivity index (χ2v) is 3.59. The second kappa shape index (κ2) is 7.92. The molecule has 18 heavy (non-hydrogen) atoms. The number of rotatable bonds is 6. The van der Waals surface area contributed by atoms with Crippen molar-refractivity contribution in [3.05, 3.63) is 51.9 Å². The van der Waals surface area contributed by atoms with Crippen LogP contribution in [0.5, 0.6) is 0 Å². The number of carbonyl (C=O) groups excluding carboxylic acids is 1. The topological polar surface area (TPSA) is 75.1 Å². The first-order chi connectivity index (χ1) is 8.77. The van der Waals surface area contributed by atoms with Gasteiger partial charge in [0.15, 0.2) is 0 Å². The van der Waals surface area contributed by atoms with Gasteiger partial charge in [-0.1, -0.05) is 41.5 Å². The van der Waals surface area contributed by atoms with Crippen molar-refractivity contribution in [2.75, 3.05) is 13.7 Å². The summed E-state index contributed by atoms with van der Waals surface area (Å²) >= 11 is 0. The molecular weight excluding hydrogens is 230 g/mol. The van der Waals surface area contributed by atoms with E-state index in [1.54, 1.807) is 6.08 Å². The van der Waals surface area contributed by atoms with Gasteiger partial charge in [-0.2, -0.15) is 0 Å². The summed E-state index contributed by atoms with van der Waals surface area (Å²) < 4.78 is 4.61. The highest BCUT2D eigenvalue weighted by molar-refractivity contribution is 5.70. The van der Waals surface area contributed by atoms with Crippen molar-refractivity contribution in [2.45, 2.75) is 12.8 Å². The Hall–Kier alpha value is -2.26. The molecule has 0 aliphatic rings. The van der Waals surface area contributed by atoms with Crippen molar-refractivity contribution >= 4 is 12.0 Å². The average molecular weight is 245 g/mol. The largest absolute Gasteiger partial charge is 0.469 e. The van der Waals surface area contributed by atoms with Crippen LogP contribution in [0.2, 0.25) is 0 Å². The molecule has 0 fully saturated rings. The van der Waals surface area contributed by atoms with Crippen molar-refractivity contribution in [3.63, 3.8) is 0 Å². The van der Waals surface area contributed by atoms with Gasteiger partial charge in [0.25, 0.3) is 0 Å². The minimum absolute atomic E-state index is 0.220. The molecule has 0 atom stereocenters. The van der Waals surface area contributed by atoms with Crippen molar-refractivity contribution < 1.29 is 9.53 Å². The lowest BCUT2D eigenvalue weighted by atomic mass is 10.0. The summed E-state index contributed by atoms with van der Waals surface area (Å²) in [6.45, 7) is 0.321. The molecule has 94 valence electrons. The number of hydrogen-bond acceptors (Lipinski definition) is 3. The van der Waals surface area contributed by atoms with Crippen LogP contribution >= 0.6 is 0 Å². The minimum atomic E-state index is -0.220. The molecule has 0 aliphatic carbocycles. The van der Waals surface area contributed by atoms with Crippen molar-refractivity contribution in [1.82, 2.24) is 0 Å². The molecule has 0 N–H and O–H groups in total. The maximum absolute atomic E-state index is 11.1. The molecule has 0 bridgehead atoms. The van der Waals surface area contributed by atoms with Gasteiger partial charge in [-0.25, -0.2) is 0 Å². The number of hydrogen-bond donors (Lipinski definition) is 0. The molecule has 0 radical (unpaired) electrons. The van der Waals surface area contributed by atoms with Crippen LogP contribution in [0.15, 0.2) is 35.5 Å². The zero-order valence-corrected chi connectivity index (χ0v) is 10.2. The third-order valence-electron chi connectivity index (χ3n) is 2.43. The highest BCUT2D eigenvalue weighted by atomic mass is 16.5. The van der Waals surface area contributed by atoms with Crippen molar-refractivity contribution in [2.24, 2.45) is 5.11 Å². The fraction of sp³-hybridized carbons (Fsp3) is 0.308. The monoisotopic (exact) mass is 245 g/mol. The number of methoxy groups -OCH3 is 1. The van der Waals surface area contributed by atoms with E-state index in [1.165, 1.54) is 7.11 Å². The van der Waals surface area contributed by atoms with Gasteiger partial charge >= 0.3 is 5.97 Å². The molecule has 0 aromatic heterocycles. The summed E-state index contributed by atoms with van der Waals surface area (Å²) in [4.78, 5) is 13.8. The van der Waals surface area contributed by atoms with Gasteiger partial charge in [0.05, 0.1) is 7.11 Å². The third-order valence-corrected chi connectivity index (χ3v) is 2.43. The van der Waals surface area contributed by atoms with Gasteiger partial charge in [0.2, 0.25) is 0 Å². The molecule has 1 aromatic carbocycles. The van der Waals surface area contributed by atoms with E-state index in [2.05, 4.69) is 14.8 Å². The maximum Gasteiger partial charge on any atom is 0.305 e. The zero-order valence-electron chi connectivity index (χ0n) is 10.2. The van der Waals surface area contributed by atoms with Gasteiger partial charge in [0, 0.05) is 17.9 Å². The zero-order chi connectivity index (χ0) is 13.2. The first kappa shape index (κ1) is 13.8. The first-order valence-corrected chi connectivity index (χ1v) is 5.60. The predicted octanol–water partition coefficient (Wildman–Crippen LogP) is 3.12. The van der Waals surface area contributed by atoms with E-state index < -0.39 is 0 Å². The molecule has 5 nitrogen and oxygen atoms in total. The Kier molecular flexibility index (Phi) is 6.08. The van der Waals surface area contributed by atoms with E-state index in [4.69, 9.17) is 5.53 Å². The summed E-state index contributed by atoms with van der Waals surface area (Å²) in [5, 5.41) is 3.42. The van der Waals surface area contributed by atoms with Crippen LogP contribution in [0.3, 0.4) is 0 Å². The summed E-state index contributed by atoms with van der Waals surface area (Å²) in [7, 11) is 1.38. The van der Waals surface area contributed by atoms with Crippen LogP contribution in [0.4, 0.5) is 0 Å². The van der Waals surface area contributed by atoms with Crippen LogP contribution in [-0.4, -0.2) is 19.6 Å². The molecular formula is C13H15N3O2. The second-order valence-electron chi connectivity index (χ2n) is 3.59. The van der Waals surface area contributed by atoms with Crippen LogP contribution in [0.1, 0.15) is 17.5 Å². The number of nitrogens with zero attached hydrogens (tertiary/aromatic N) is 3. The van der Waals surface area contributed by atoms with Gasteiger partial charge < -0.3 is 4.74 Å². The normalized spacial score (nSPS) is 10.1. The third kappa shape index (κ3) is 4.72. The summed E-state index contributed by atoms with van der Waals surface area (Å²) in [6, 6.07) is 7.78. The fourth-order valence-corrected chi connectivity index (χ4v) is 1.53. The number of carbonyl (C=O) groups is 1. The summed E-state index contributed by atoms with van der Waals surface area (Å²) in [6.07, 6.45) is 4.67. The van der Waals surface area contributed by atoms with Gasteiger partial charge in [0.1, 0.15) is 0 Å². The minimum Gasteiger partial charge on any atom is -0.469 e. The lowest BCUT2D eigenvalue weighted by molar-refractivity contribution is -0.140. The quantitative estimate of drug-likeness (QED) is 0.334. The SMILES string of the molecule is COC(=O)CCc1ccccc1C=CCN=[N+]=[N-]. The number of azide groups is 1. The Labute approximate surface area is 106 Å². The fourth-order valence-electron chi connectivity index (χ4n) is 1.53. The predicted molar refractivity (Wildman–Crippen MR) is 69.8 cm³/mol. The number of benzene rings is 1. The smallest absolute Gasteiger partial charge is 0.305 e. The number of esters is 1. The molecule has 0 amide bonds. The van der Waals surface area contributed by atoms with E-state index in [9.17, 15) is 4.79 Å². The van der Waals surface area contributed by atoms with Crippen LogP contribution in [0.25, 0.3) is 16.5 Å². The molecule has 5 heteroatoms. The maximum atomic E-state index is 11.1. The highest BCUT2D eigenvalue weighted by Gasteiger charge is 2.03. The molecule has 0 saturated heterocycles. The first-order valence-electron chi connectivity index (χ1n) is 5.60. The highest BCUT2D eigenvalue weighted by Crippen LogP contribution is 2.13. The van der Waals surface area contributed by atoms with Crippen molar-refractivity contribution in [1.29, 1.82) is 0 Å². The lowest BCUT2D eigenvalue weighted by Crippen LogP contribution is -2.02. The summed E-state index contributed by atoms with van der Waals surface area (Å²) in [5.74, 6) is -0.220. The van der Waals surface area contributed by atoms with Crippen molar-refractivity contribution in [3.8, 4) is 0 Å². The van der Waals surface area contributed by atoms with Gasteiger partial charge in [-0.3, -0.25) is 4.79 Å². The van der Waals surface area contributed by atoms with Crippen LogP contribution in [0, 0.1) is 0 Å². The number of aryl methyl sites for hydroxylation is 1. The van der Waals surface area contributed by atoms with E-state index in [1.807, 2.05) is 30.3 Å². The molecule has 1 rings (SSSR count). The molecule has 0 aliphatic heterocycles. The molecule has 1 aromatic rings. The van der Waals surface area contributed by atoms with Gasteiger partial charge in [-0.15, -0.1) is 0 Å². The molecule has 0 heterocycles. The van der Waals surface area contributed by atoms with E-state index in [0.29, 0.717) is 19.4 Å². The Morgan fingerprint density at radius 3 is 3.00 bits per heavy atom. The Bertz CT molecular complexity index is 477. The molecule has 0 spiro atoms. The Balaban J connectivity index is 2.69. The van der Waals surface area contributed by atoms with Gasteiger partial charge in [-0.05, 0) is 23.1 Å². The van der Waals surface area contributed by atoms with Crippen LogP contribution in [-0.2, 0) is 16.0 Å². The summed E-state index contributed by atoms with van der Waals surface area (Å²) in [5.41, 5.74) is 10.3. The number of ether oxygens (including phenoxy) is 1. The standard InChI is InChI=1S/C13H15N3O2/c1-18-13(17)9-8-12-6-3-2-5-11(12)7-4-10-15-16-14/h2-7H,8-10H2,1H3. The van der Waals surface area contributed by atoms with E-state index in [0.717, 1.165) is 11.1 Å². The molecule has 0 saturated carbocycles. The lowest BCUT2D eigenvalue weighted by Gasteiger charge is -2.04. The average Bonchev–Trinajstić information content (AvgIpc) is 2.42. The van der Waals surface area contributed by atoms with Crippen LogP contribution < -0.4 is 0 Å². The Morgan fingerprint density at radius 2 is 2.28 bits per heavy atom.